The molecule has 0 unspecified atom stereocenters. The molecule has 0 aliphatic heterocycles. The molecule has 0 aliphatic carbocycles. The van der Waals surface area contributed by atoms with Gasteiger partial charge in [0.15, 0.2) is 5.82 Å². The van der Waals surface area contributed by atoms with E-state index in [4.69, 9.17) is 9.26 Å². The summed E-state index contributed by atoms with van der Waals surface area (Å²) < 4.78 is 9.61. The second kappa shape index (κ2) is 6.69. The highest BCUT2D eigenvalue weighted by atomic mass is 16.6. The zero-order chi connectivity index (χ0) is 17.0. The van der Waals surface area contributed by atoms with E-state index in [9.17, 15) is 19.7 Å². The molecule has 0 spiro atoms. The molecule has 0 fully saturated rings. The van der Waals surface area contributed by atoms with Crippen LogP contribution in [0.1, 0.15) is 33.4 Å². The van der Waals surface area contributed by atoms with Gasteiger partial charge < -0.3 is 14.6 Å². The Hall–Kier alpha value is -3.23. The minimum Gasteiger partial charge on any atom is -0.462 e. The van der Waals surface area contributed by atoms with Crippen molar-refractivity contribution in [2.45, 2.75) is 13.8 Å². The lowest BCUT2D eigenvalue weighted by atomic mass is 10.1. The molecule has 0 bridgehead atoms. The van der Waals surface area contributed by atoms with Gasteiger partial charge in [-0.15, -0.1) is 0 Å². The van der Waals surface area contributed by atoms with Crippen LogP contribution in [0.2, 0.25) is 0 Å². The van der Waals surface area contributed by atoms with Gasteiger partial charge in [-0.25, -0.2) is 4.79 Å². The van der Waals surface area contributed by atoms with Crippen molar-refractivity contribution < 1.29 is 23.8 Å². The summed E-state index contributed by atoms with van der Waals surface area (Å²) in [6.45, 7) is 3.37. The molecule has 0 radical (unpaired) electrons. The van der Waals surface area contributed by atoms with E-state index >= 15 is 0 Å². The van der Waals surface area contributed by atoms with Gasteiger partial charge in [0.2, 0.25) is 0 Å². The fourth-order valence-electron chi connectivity index (χ4n) is 1.79. The maximum absolute atomic E-state index is 12.2. The highest BCUT2D eigenvalue weighted by molar-refractivity contribution is 6.05. The fourth-order valence-corrected chi connectivity index (χ4v) is 1.79. The van der Waals surface area contributed by atoms with Gasteiger partial charge in [-0.2, -0.15) is 0 Å². The summed E-state index contributed by atoms with van der Waals surface area (Å²) in [5.41, 5.74) is -0.539. The number of nitro groups is 1. The summed E-state index contributed by atoms with van der Waals surface area (Å²) in [5, 5.41) is 17.0. The van der Waals surface area contributed by atoms with Crippen molar-refractivity contribution >= 4 is 23.4 Å². The first-order valence-electron chi connectivity index (χ1n) is 6.62. The fraction of sp³-hybridized carbons (Fsp3) is 0.214. The lowest BCUT2D eigenvalue weighted by Gasteiger charge is -2.05. The van der Waals surface area contributed by atoms with E-state index in [1.165, 1.54) is 12.1 Å². The van der Waals surface area contributed by atoms with E-state index in [1.807, 2.05) is 0 Å². The quantitative estimate of drug-likeness (QED) is 0.509. The normalized spacial score (nSPS) is 10.2. The van der Waals surface area contributed by atoms with Gasteiger partial charge in [-0.1, -0.05) is 5.16 Å². The minimum atomic E-state index is -0.748. The number of esters is 1. The van der Waals surface area contributed by atoms with Crippen molar-refractivity contribution in [1.82, 2.24) is 5.16 Å². The third-order valence-corrected chi connectivity index (χ3v) is 2.77. The van der Waals surface area contributed by atoms with Gasteiger partial charge in [0.1, 0.15) is 5.76 Å². The van der Waals surface area contributed by atoms with Crippen LogP contribution >= 0.6 is 0 Å². The second-order valence-corrected chi connectivity index (χ2v) is 4.52. The van der Waals surface area contributed by atoms with E-state index < -0.39 is 22.5 Å². The molecule has 1 N–H and O–H groups in total. The summed E-state index contributed by atoms with van der Waals surface area (Å²) >= 11 is 0. The number of non-ortho nitro benzene ring substituents is 1. The second-order valence-electron chi connectivity index (χ2n) is 4.52. The number of nitrogens with one attached hydrogen (secondary N) is 1. The molecule has 0 saturated heterocycles. The number of carbonyl (C=O) groups excluding carboxylic acids is 2. The molecular weight excluding hydrogens is 306 g/mol. The number of amides is 1. The van der Waals surface area contributed by atoms with Crippen LogP contribution in [0.5, 0.6) is 0 Å². The Labute approximate surface area is 130 Å². The van der Waals surface area contributed by atoms with Crippen LogP contribution in [-0.4, -0.2) is 28.6 Å². The zero-order valence-corrected chi connectivity index (χ0v) is 12.4. The topological polar surface area (TPSA) is 125 Å². The maximum Gasteiger partial charge on any atom is 0.338 e. The molecule has 1 heterocycles. The average Bonchev–Trinajstić information content (AvgIpc) is 2.92. The number of carbonyl (C=O) groups is 2. The van der Waals surface area contributed by atoms with Gasteiger partial charge in [0.05, 0.1) is 17.1 Å². The molecule has 23 heavy (non-hydrogen) atoms. The monoisotopic (exact) mass is 319 g/mol. The first-order chi connectivity index (χ1) is 10.9. The lowest BCUT2D eigenvalue weighted by Crippen LogP contribution is -2.14. The van der Waals surface area contributed by atoms with Crippen LogP contribution < -0.4 is 5.32 Å². The number of nitrogens with zero attached hydrogens (tertiary/aromatic N) is 2. The molecule has 120 valence electrons. The summed E-state index contributed by atoms with van der Waals surface area (Å²) in [6.07, 6.45) is 0. The Bertz CT molecular complexity index is 768. The summed E-state index contributed by atoms with van der Waals surface area (Å²) in [7, 11) is 0. The Kier molecular flexibility index (Phi) is 4.69. The van der Waals surface area contributed by atoms with Crippen LogP contribution in [0.4, 0.5) is 11.5 Å². The zero-order valence-electron chi connectivity index (χ0n) is 12.4. The SMILES string of the molecule is CCOC(=O)c1cc(C(=O)Nc2cc(C)on2)cc([N+](=O)[O-])c1. The van der Waals surface area contributed by atoms with E-state index in [-0.39, 0.29) is 23.6 Å². The maximum atomic E-state index is 12.2. The number of aryl methyl sites for hydroxylation is 1. The standard InChI is InChI=1S/C14H13N3O6/c1-3-22-14(19)10-5-9(6-11(7-10)17(20)21)13(18)15-12-4-8(2)23-16-12/h4-7H,3H2,1-2H3,(H,15,16,18). The van der Waals surface area contributed by atoms with Gasteiger partial charge in [-0.3, -0.25) is 14.9 Å². The van der Waals surface area contributed by atoms with Crippen LogP contribution in [0.25, 0.3) is 0 Å². The minimum absolute atomic E-state index is 0.0668. The van der Waals surface area contributed by atoms with Crippen LogP contribution in [-0.2, 0) is 4.74 Å². The highest BCUT2D eigenvalue weighted by Gasteiger charge is 2.19. The Morgan fingerprint density at radius 2 is 2.00 bits per heavy atom. The number of aromatic nitrogens is 1. The van der Waals surface area contributed by atoms with Crippen LogP contribution in [0, 0.1) is 17.0 Å². The van der Waals surface area contributed by atoms with Gasteiger partial charge in [0, 0.05) is 23.8 Å². The van der Waals surface area contributed by atoms with E-state index in [1.54, 1.807) is 13.8 Å². The molecule has 9 heteroatoms. The van der Waals surface area contributed by atoms with E-state index in [0.29, 0.717) is 5.76 Å². The lowest BCUT2D eigenvalue weighted by molar-refractivity contribution is -0.384. The molecule has 2 rings (SSSR count). The average molecular weight is 319 g/mol. The molecule has 0 atom stereocenters. The molecule has 1 aromatic carbocycles. The third kappa shape index (κ3) is 3.90. The molecule has 2 aromatic rings. The molecule has 1 aromatic heterocycles. The summed E-state index contributed by atoms with van der Waals surface area (Å²) in [4.78, 5) is 34.2. The van der Waals surface area contributed by atoms with Gasteiger partial charge in [-0.05, 0) is 19.9 Å². The first-order valence-corrected chi connectivity index (χ1v) is 6.62. The number of hydrogen-bond acceptors (Lipinski definition) is 7. The van der Waals surface area contributed by atoms with Crippen molar-refractivity contribution in [3.63, 3.8) is 0 Å². The molecular formula is C14H13N3O6. The number of anilines is 1. The Balaban J connectivity index is 2.34. The number of ether oxygens (including phenoxy) is 1. The van der Waals surface area contributed by atoms with Crippen molar-refractivity contribution in [3.05, 3.63) is 51.3 Å². The van der Waals surface area contributed by atoms with E-state index in [0.717, 1.165) is 12.1 Å². The van der Waals surface area contributed by atoms with Crippen molar-refractivity contribution in [2.24, 2.45) is 0 Å². The first kappa shape index (κ1) is 16.1. The smallest absolute Gasteiger partial charge is 0.338 e. The molecule has 1 amide bonds. The van der Waals surface area contributed by atoms with E-state index in [2.05, 4.69) is 10.5 Å². The Morgan fingerprint density at radius 3 is 2.57 bits per heavy atom. The number of hydrogen-bond donors (Lipinski definition) is 1. The third-order valence-electron chi connectivity index (χ3n) is 2.77. The van der Waals surface area contributed by atoms with Crippen molar-refractivity contribution in [3.8, 4) is 0 Å². The van der Waals surface area contributed by atoms with Crippen LogP contribution in [0.3, 0.4) is 0 Å². The van der Waals surface area contributed by atoms with Crippen molar-refractivity contribution in [2.75, 3.05) is 11.9 Å². The molecule has 0 aliphatic rings. The Morgan fingerprint density at radius 1 is 1.30 bits per heavy atom. The predicted molar refractivity (Wildman–Crippen MR) is 78.2 cm³/mol. The van der Waals surface area contributed by atoms with Crippen LogP contribution in [0.15, 0.2) is 28.8 Å². The number of rotatable bonds is 5. The van der Waals surface area contributed by atoms with Gasteiger partial charge >= 0.3 is 5.97 Å². The molecule has 0 saturated carbocycles. The highest BCUT2D eigenvalue weighted by Crippen LogP contribution is 2.19. The van der Waals surface area contributed by atoms with Crippen molar-refractivity contribution in [1.29, 1.82) is 0 Å². The number of nitro benzene ring substituents is 1. The summed E-state index contributed by atoms with van der Waals surface area (Å²) in [6, 6.07) is 4.81. The number of benzene rings is 1. The summed E-state index contributed by atoms with van der Waals surface area (Å²) in [5.74, 6) is -0.752. The van der Waals surface area contributed by atoms with Gasteiger partial charge in [0.25, 0.3) is 11.6 Å². The predicted octanol–water partition coefficient (Wildman–Crippen LogP) is 2.32. The molecule has 9 nitrogen and oxygen atoms in total. The largest absolute Gasteiger partial charge is 0.462 e.